The average Bonchev–Trinajstić information content (AvgIpc) is 2.52. The van der Waals surface area contributed by atoms with Gasteiger partial charge in [-0.25, -0.2) is 4.72 Å². The summed E-state index contributed by atoms with van der Waals surface area (Å²) in [7, 11) is 3.60. The highest BCUT2D eigenvalue weighted by molar-refractivity contribution is 8.30. The van der Waals surface area contributed by atoms with Gasteiger partial charge in [-0.1, -0.05) is 48.5 Å². The Bertz CT molecular complexity index is 319. The van der Waals surface area contributed by atoms with E-state index in [0.29, 0.717) is 0 Å². The molecule has 2 N–H and O–H groups in total. The minimum Gasteiger partial charge on any atom is -0.329 e. The Morgan fingerprint density at radius 1 is 1.08 bits per heavy atom. The Labute approximate surface area is 167 Å². The lowest BCUT2D eigenvalue weighted by Gasteiger charge is -2.51. The van der Waals surface area contributed by atoms with Crippen LogP contribution in [0.4, 0.5) is 0 Å². The number of rotatable bonds is 9. The van der Waals surface area contributed by atoms with E-state index < -0.39 is 14.9 Å². The first-order valence-electron chi connectivity index (χ1n) is 9.68. The number of hydrogen-bond acceptors (Lipinski definition) is 4. The summed E-state index contributed by atoms with van der Waals surface area (Å²) in [4.78, 5) is 0. The number of nitrogens with zero attached hydrogens (tertiary/aromatic N) is 1. The normalized spacial score (nSPS) is 17.8. The molecule has 25 heavy (non-hydrogen) atoms. The molecule has 0 saturated carbocycles. The number of thiol groups is 1. The zero-order valence-corrected chi connectivity index (χ0v) is 20.9. The van der Waals surface area contributed by atoms with Gasteiger partial charge in [0.15, 0.2) is 0 Å². The van der Waals surface area contributed by atoms with E-state index in [4.69, 9.17) is 16.8 Å². The molecule has 0 bridgehead atoms. The fourth-order valence-electron chi connectivity index (χ4n) is 2.35. The van der Waals surface area contributed by atoms with Crippen LogP contribution in [0.5, 0.6) is 0 Å². The Balaban J connectivity index is -0.00000112. The standard InChI is InChI=1S/C15H36N2O2S2.2C2H6/c1-9-17(6,7)12-10-11-16-21(18,19-8)15(5,20)13-14(2,3)4;2*1-2/h16H,9-13H2,1-8H3,(H-,18,20);2*1-2H3/p+1. The van der Waals surface area contributed by atoms with Gasteiger partial charge in [-0.15, -0.1) is 10.8 Å². The third kappa shape index (κ3) is 13.4. The highest BCUT2D eigenvalue weighted by Gasteiger charge is 2.40. The van der Waals surface area contributed by atoms with E-state index >= 15 is 0 Å². The Kier molecular flexibility index (Phi) is 16.6. The molecule has 4 nitrogen and oxygen atoms in total. The summed E-state index contributed by atoms with van der Waals surface area (Å²) < 4.78 is 20.0. The van der Waals surface area contributed by atoms with Gasteiger partial charge in [-0.2, -0.15) is 12.6 Å². The van der Waals surface area contributed by atoms with Gasteiger partial charge in [0, 0.05) is 13.0 Å². The lowest BCUT2D eigenvalue weighted by atomic mass is 9.90. The molecule has 6 heteroatoms. The Morgan fingerprint density at radius 2 is 1.52 bits per heavy atom. The van der Waals surface area contributed by atoms with Crippen LogP contribution in [-0.2, 0) is 4.18 Å². The van der Waals surface area contributed by atoms with Crippen molar-refractivity contribution in [2.24, 2.45) is 5.41 Å². The monoisotopic (exact) mass is 401 g/mol. The van der Waals surface area contributed by atoms with Gasteiger partial charge in [0.25, 0.3) is 0 Å². The van der Waals surface area contributed by atoms with Crippen LogP contribution in [0.1, 0.15) is 75.2 Å². The molecule has 2 unspecified atom stereocenters. The first-order valence-corrected chi connectivity index (χ1v) is 11.6. The van der Waals surface area contributed by atoms with Gasteiger partial charge in [0.1, 0.15) is 4.08 Å². The maximum absolute atomic E-state index is 10.9. The third-order valence-corrected chi connectivity index (χ3v) is 7.10. The van der Waals surface area contributed by atoms with Crippen molar-refractivity contribution in [2.45, 2.75) is 79.2 Å². The van der Waals surface area contributed by atoms with Crippen LogP contribution in [0.3, 0.4) is 0 Å². The second kappa shape index (κ2) is 13.7. The molecule has 0 aromatic carbocycles. The van der Waals surface area contributed by atoms with Crippen molar-refractivity contribution >= 4 is 23.4 Å². The predicted molar refractivity (Wildman–Crippen MR) is 122 cm³/mol. The molecule has 0 spiro atoms. The van der Waals surface area contributed by atoms with Gasteiger partial charge in [-0.05, 0) is 25.7 Å². The van der Waals surface area contributed by atoms with Crippen molar-refractivity contribution in [1.82, 2.24) is 4.72 Å². The maximum Gasteiger partial charge on any atom is 0.115 e. The van der Waals surface area contributed by atoms with Gasteiger partial charge in [0.05, 0.1) is 34.3 Å². The second-order valence-electron chi connectivity index (χ2n) is 7.83. The fraction of sp³-hybridized carbons (Fsp3) is 1.00. The molecule has 0 aromatic rings. The van der Waals surface area contributed by atoms with Crippen molar-refractivity contribution in [2.75, 3.05) is 40.8 Å². The molecule has 0 saturated heterocycles. The fourth-order valence-corrected chi connectivity index (χ4v) is 5.08. The van der Waals surface area contributed by atoms with E-state index in [-0.39, 0.29) is 5.41 Å². The summed E-state index contributed by atoms with van der Waals surface area (Å²) in [5.74, 6) is 0. The van der Waals surface area contributed by atoms with Gasteiger partial charge < -0.3 is 4.48 Å². The van der Waals surface area contributed by atoms with Crippen LogP contribution in [0.15, 0.2) is 0 Å². The molecule has 0 fully saturated rings. The average molecular weight is 402 g/mol. The largest absolute Gasteiger partial charge is 0.329 e. The summed E-state index contributed by atoms with van der Waals surface area (Å²) in [6.45, 7) is 21.5. The van der Waals surface area contributed by atoms with E-state index in [0.717, 1.165) is 37.0 Å². The van der Waals surface area contributed by atoms with Crippen LogP contribution >= 0.6 is 23.4 Å². The molecular weight excluding hydrogens is 352 g/mol. The zero-order chi connectivity index (χ0) is 20.9. The van der Waals surface area contributed by atoms with Crippen LogP contribution in [0.25, 0.3) is 0 Å². The topological polar surface area (TPSA) is 41.5 Å². The number of quaternary nitrogens is 1. The minimum atomic E-state index is -2.41. The molecule has 158 valence electrons. The predicted octanol–water partition coefficient (Wildman–Crippen LogP) is 5.95. The molecule has 0 amide bonds. The second-order valence-corrected chi connectivity index (χ2v) is 11.7. The van der Waals surface area contributed by atoms with Gasteiger partial charge in [-0.3, -0.25) is 8.74 Å². The number of hydrogen-bond donors (Lipinski definition) is 3. The molecule has 0 aliphatic carbocycles. The van der Waals surface area contributed by atoms with Crippen LogP contribution in [0.2, 0.25) is 0 Å². The lowest BCUT2D eigenvalue weighted by molar-refractivity contribution is -0.888. The Morgan fingerprint density at radius 3 is 1.84 bits per heavy atom. The smallest absolute Gasteiger partial charge is 0.115 e. The molecule has 0 aliphatic heterocycles. The van der Waals surface area contributed by atoms with E-state index in [2.05, 4.69) is 46.5 Å². The molecular formula is C19H49N2O2S2+. The van der Waals surface area contributed by atoms with Crippen molar-refractivity contribution < 1.29 is 13.2 Å². The van der Waals surface area contributed by atoms with Gasteiger partial charge >= 0.3 is 0 Å². The van der Waals surface area contributed by atoms with Crippen molar-refractivity contribution in [3.05, 3.63) is 0 Å². The van der Waals surface area contributed by atoms with Crippen molar-refractivity contribution in [3.8, 4) is 0 Å². The number of nitrogens with one attached hydrogen (secondary N) is 1. The van der Waals surface area contributed by atoms with E-state index in [1.165, 1.54) is 0 Å². The van der Waals surface area contributed by atoms with Gasteiger partial charge in [0.2, 0.25) is 0 Å². The molecule has 0 rings (SSSR count). The van der Waals surface area contributed by atoms with E-state index in [1.54, 1.807) is 7.11 Å². The molecule has 0 aromatic heterocycles. The Hall–Kier alpha value is 0.540. The first-order chi connectivity index (χ1) is 11.3. The van der Waals surface area contributed by atoms with E-state index in [9.17, 15) is 4.55 Å². The quantitative estimate of drug-likeness (QED) is 0.254. The summed E-state index contributed by atoms with van der Waals surface area (Å²) in [5.41, 5.74) is 0.0821. The third-order valence-electron chi connectivity index (χ3n) is 3.79. The van der Waals surface area contributed by atoms with Crippen LogP contribution in [-0.4, -0.2) is 54.0 Å². The van der Waals surface area contributed by atoms with Crippen LogP contribution in [0, 0.1) is 5.41 Å². The van der Waals surface area contributed by atoms with E-state index in [1.807, 2.05) is 34.6 Å². The molecule has 2 atom stereocenters. The summed E-state index contributed by atoms with van der Waals surface area (Å²) in [6.07, 6.45) is 1.77. The minimum absolute atomic E-state index is 0.0821. The highest BCUT2D eigenvalue weighted by Crippen LogP contribution is 2.58. The van der Waals surface area contributed by atoms with Crippen molar-refractivity contribution in [3.63, 3.8) is 0 Å². The first kappa shape index (κ1) is 30.3. The maximum atomic E-state index is 10.9. The SMILES string of the molecule is CC.CC.CC[N+](C)(C)CCCNS(O)(OC)C(C)(S)CC(C)(C)C. The summed E-state index contributed by atoms with van der Waals surface area (Å²) in [6, 6.07) is 0. The highest BCUT2D eigenvalue weighted by atomic mass is 32.3. The molecule has 0 aliphatic rings. The summed E-state index contributed by atoms with van der Waals surface area (Å²) >= 11 is 4.71. The zero-order valence-electron chi connectivity index (χ0n) is 19.2. The molecule has 0 radical (unpaired) electrons. The lowest BCUT2D eigenvalue weighted by Crippen LogP contribution is -2.43. The van der Waals surface area contributed by atoms with Crippen molar-refractivity contribution in [1.29, 1.82) is 0 Å². The summed E-state index contributed by atoms with van der Waals surface area (Å²) in [5, 5.41) is 0. The van der Waals surface area contributed by atoms with Crippen LogP contribution < -0.4 is 4.72 Å². The molecule has 0 heterocycles.